The Bertz CT molecular complexity index is 562. The third kappa shape index (κ3) is 2.98. The molecule has 102 valence electrons. The molecule has 1 atom stereocenters. The normalized spacial score (nSPS) is 12.7. The van der Waals surface area contributed by atoms with Gasteiger partial charge in [-0.05, 0) is 19.2 Å². The molecule has 7 heteroatoms. The molecule has 0 aliphatic heterocycles. The predicted octanol–water partition coefficient (Wildman–Crippen LogP) is 2.36. The zero-order chi connectivity index (χ0) is 14.0. The summed E-state index contributed by atoms with van der Waals surface area (Å²) in [5.74, 6) is -0.525. The van der Waals surface area contributed by atoms with E-state index in [2.05, 4.69) is 31.3 Å². The molecule has 1 aromatic carbocycles. The van der Waals surface area contributed by atoms with Crippen molar-refractivity contribution < 1.29 is 8.78 Å². The summed E-state index contributed by atoms with van der Waals surface area (Å²) >= 11 is 3.06. The van der Waals surface area contributed by atoms with Gasteiger partial charge < -0.3 is 5.32 Å². The summed E-state index contributed by atoms with van der Waals surface area (Å²) < 4.78 is 29.8. The molecule has 1 heterocycles. The molecule has 0 aliphatic carbocycles. The number of nitrogens with one attached hydrogen (secondary N) is 1. The van der Waals surface area contributed by atoms with Crippen LogP contribution in [0.1, 0.15) is 17.4 Å². The summed E-state index contributed by atoms with van der Waals surface area (Å²) in [4.78, 5) is 4.06. The Labute approximate surface area is 118 Å². The fraction of sp³-hybridized carbons (Fsp3) is 0.333. The largest absolute Gasteiger partial charge is 0.312 e. The average molecular weight is 331 g/mol. The first-order chi connectivity index (χ1) is 9.02. The van der Waals surface area contributed by atoms with Crippen molar-refractivity contribution in [3.05, 3.63) is 46.0 Å². The minimum Gasteiger partial charge on any atom is -0.312 e. The van der Waals surface area contributed by atoms with Crippen molar-refractivity contribution in [3.8, 4) is 0 Å². The second-order valence-corrected chi connectivity index (χ2v) is 5.04. The highest BCUT2D eigenvalue weighted by molar-refractivity contribution is 9.10. The van der Waals surface area contributed by atoms with Crippen LogP contribution in [0.2, 0.25) is 0 Å². The van der Waals surface area contributed by atoms with Crippen LogP contribution in [0.5, 0.6) is 0 Å². The Hall–Kier alpha value is -1.34. The molecule has 1 aromatic heterocycles. The van der Waals surface area contributed by atoms with Crippen molar-refractivity contribution in [1.29, 1.82) is 0 Å². The summed E-state index contributed by atoms with van der Waals surface area (Å²) in [6, 6.07) is 2.00. The second kappa shape index (κ2) is 5.75. The quantitative estimate of drug-likeness (QED) is 0.935. The Balaban J connectivity index is 2.35. The average Bonchev–Trinajstić information content (AvgIpc) is 2.72. The molecule has 1 N–H and O–H groups in total. The highest BCUT2D eigenvalue weighted by atomic mass is 79.9. The van der Waals surface area contributed by atoms with Crippen LogP contribution < -0.4 is 5.32 Å². The van der Waals surface area contributed by atoms with Crippen molar-refractivity contribution in [2.75, 3.05) is 7.05 Å². The topological polar surface area (TPSA) is 42.7 Å². The number of nitrogens with zero attached hydrogens (tertiary/aromatic N) is 3. The monoisotopic (exact) mass is 330 g/mol. The molecule has 0 fully saturated rings. The molecular weight excluding hydrogens is 318 g/mol. The lowest BCUT2D eigenvalue weighted by Gasteiger charge is -2.17. The molecule has 0 radical (unpaired) electrons. The molecule has 2 rings (SSSR count). The number of rotatable bonds is 4. The summed E-state index contributed by atoms with van der Waals surface area (Å²) in [6.45, 7) is 0. The molecule has 1 unspecified atom stereocenters. The van der Waals surface area contributed by atoms with Gasteiger partial charge in [0.15, 0.2) is 0 Å². The van der Waals surface area contributed by atoms with E-state index in [4.69, 9.17) is 0 Å². The van der Waals surface area contributed by atoms with Crippen LogP contribution in [0, 0.1) is 11.6 Å². The maximum atomic E-state index is 13.9. The van der Waals surface area contributed by atoms with E-state index in [0.29, 0.717) is 16.7 Å². The van der Waals surface area contributed by atoms with Crippen molar-refractivity contribution in [1.82, 2.24) is 20.1 Å². The van der Waals surface area contributed by atoms with Gasteiger partial charge in [0.05, 0.1) is 0 Å². The van der Waals surface area contributed by atoms with E-state index in [-0.39, 0.29) is 5.56 Å². The number of likely N-dealkylation sites (N-methyl/N-ethyl adjacent to an activating group) is 1. The van der Waals surface area contributed by atoms with E-state index in [1.165, 1.54) is 18.5 Å². The van der Waals surface area contributed by atoms with Gasteiger partial charge in [-0.1, -0.05) is 15.9 Å². The van der Waals surface area contributed by atoms with E-state index in [1.54, 1.807) is 18.8 Å². The Morgan fingerprint density at radius 1 is 1.37 bits per heavy atom. The van der Waals surface area contributed by atoms with Crippen molar-refractivity contribution in [2.24, 2.45) is 7.05 Å². The number of aromatic nitrogens is 3. The van der Waals surface area contributed by atoms with E-state index in [9.17, 15) is 8.78 Å². The first kappa shape index (κ1) is 14.1. The number of halogens is 3. The molecule has 0 aliphatic rings. The zero-order valence-corrected chi connectivity index (χ0v) is 12.1. The minimum atomic E-state index is -0.589. The second-order valence-electron chi connectivity index (χ2n) is 4.13. The zero-order valence-electron chi connectivity index (χ0n) is 10.5. The van der Waals surface area contributed by atoms with Gasteiger partial charge in [-0.2, -0.15) is 5.10 Å². The number of benzene rings is 1. The van der Waals surface area contributed by atoms with Gasteiger partial charge in [0.2, 0.25) is 0 Å². The lowest BCUT2D eigenvalue weighted by atomic mass is 10.0. The molecule has 0 spiro atoms. The summed E-state index contributed by atoms with van der Waals surface area (Å²) in [7, 11) is 3.39. The van der Waals surface area contributed by atoms with E-state index < -0.39 is 17.7 Å². The number of aryl methyl sites for hydroxylation is 1. The van der Waals surface area contributed by atoms with E-state index in [1.807, 2.05) is 0 Å². The van der Waals surface area contributed by atoms with E-state index >= 15 is 0 Å². The molecule has 0 amide bonds. The molecular formula is C12H13BrF2N4. The molecule has 2 aromatic rings. The third-order valence-electron chi connectivity index (χ3n) is 2.93. The van der Waals surface area contributed by atoms with Crippen LogP contribution in [0.15, 0.2) is 22.9 Å². The maximum Gasteiger partial charge on any atom is 0.138 e. The summed E-state index contributed by atoms with van der Waals surface area (Å²) in [6.07, 6.45) is 1.76. The van der Waals surface area contributed by atoms with Gasteiger partial charge >= 0.3 is 0 Å². The SMILES string of the molecule is CNC(Cc1ncnn1C)c1c(F)cc(Br)cc1F. The lowest BCUT2D eigenvalue weighted by Crippen LogP contribution is -2.23. The molecule has 0 saturated heterocycles. The van der Waals surface area contributed by atoms with Crippen LogP contribution in [-0.2, 0) is 13.5 Å². The van der Waals surface area contributed by atoms with Crippen molar-refractivity contribution >= 4 is 15.9 Å². The van der Waals surface area contributed by atoms with Gasteiger partial charge in [0, 0.05) is 29.5 Å². The van der Waals surface area contributed by atoms with Crippen LogP contribution >= 0.6 is 15.9 Å². The summed E-state index contributed by atoms with van der Waals surface area (Å²) in [5.41, 5.74) is 0.00806. The lowest BCUT2D eigenvalue weighted by molar-refractivity contribution is 0.476. The van der Waals surface area contributed by atoms with Gasteiger partial charge in [0.1, 0.15) is 23.8 Å². The highest BCUT2D eigenvalue weighted by Gasteiger charge is 2.21. The fourth-order valence-corrected chi connectivity index (χ4v) is 2.32. The van der Waals surface area contributed by atoms with E-state index in [0.717, 1.165) is 0 Å². The van der Waals surface area contributed by atoms with Crippen molar-refractivity contribution in [3.63, 3.8) is 0 Å². The standard InChI is InChI=1S/C12H13BrF2N4/c1-16-10(5-11-17-6-18-19(11)2)12-8(14)3-7(13)4-9(12)15/h3-4,6,10,16H,5H2,1-2H3. The maximum absolute atomic E-state index is 13.9. The molecule has 0 saturated carbocycles. The fourth-order valence-electron chi connectivity index (χ4n) is 1.92. The Kier molecular flexibility index (Phi) is 4.26. The minimum absolute atomic E-state index is 0.00806. The molecule has 0 bridgehead atoms. The van der Waals surface area contributed by atoms with Gasteiger partial charge in [-0.15, -0.1) is 0 Å². The van der Waals surface area contributed by atoms with Gasteiger partial charge in [-0.3, -0.25) is 4.68 Å². The van der Waals surface area contributed by atoms with Crippen LogP contribution in [0.25, 0.3) is 0 Å². The molecule has 19 heavy (non-hydrogen) atoms. The first-order valence-electron chi connectivity index (χ1n) is 5.67. The smallest absolute Gasteiger partial charge is 0.138 e. The summed E-state index contributed by atoms with van der Waals surface area (Å²) in [5, 5.41) is 6.85. The van der Waals surface area contributed by atoms with Crippen LogP contribution in [-0.4, -0.2) is 21.8 Å². The van der Waals surface area contributed by atoms with Crippen LogP contribution in [0.3, 0.4) is 0 Å². The Morgan fingerprint density at radius 2 is 2.00 bits per heavy atom. The van der Waals surface area contributed by atoms with Gasteiger partial charge in [-0.25, -0.2) is 13.8 Å². The predicted molar refractivity (Wildman–Crippen MR) is 70.6 cm³/mol. The van der Waals surface area contributed by atoms with Crippen molar-refractivity contribution in [2.45, 2.75) is 12.5 Å². The van der Waals surface area contributed by atoms with Gasteiger partial charge in [0.25, 0.3) is 0 Å². The third-order valence-corrected chi connectivity index (χ3v) is 3.39. The Morgan fingerprint density at radius 3 is 2.47 bits per heavy atom. The van der Waals surface area contributed by atoms with Crippen LogP contribution in [0.4, 0.5) is 8.78 Å². The number of hydrogen-bond acceptors (Lipinski definition) is 3. The highest BCUT2D eigenvalue weighted by Crippen LogP contribution is 2.26. The first-order valence-corrected chi connectivity index (χ1v) is 6.46. The molecule has 4 nitrogen and oxygen atoms in total. The number of hydrogen-bond donors (Lipinski definition) is 1.